The summed E-state index contributed by atoms with van der Waals surface area (Å²) >= 11 is 0. The van der Waals surface area contributed by atoms with Gasteiger partial charge >= 0.3 is 0 Å². The van der Waals surface area contributed by atoms with Crippen LogP contribution >= 0.6 is 0 Å². The summed E-state index contributed by atoms with van der Waals surface area (Å²) in [6.07, 6.45) is 8.04. The van der Waals surface area contributed by atoms with Gasteiger partial charge in [-0.15, -0.1) is 0 Å². The molecule has 0 aromatic carbocycles. The van der Waals surface area contributed by atoms with Gasteiger partial charge < -0.3 is 0 Å². The average Bonchev–Trinajstić information content (AvgIpc) is 2.67. The summed E-state index contributed by atoms with van der Waals surface area (Å²) in [4.78, 5) is 0. The van der Waals surface area contributed by atoms with Crippen LogP contribution in [-0.2, 0) is 0 Å². The van der Waals surface area contributed by atoms with E-state index in [0.29, 0.717) is 6.04 Å². The maximum Gasteiger partial charge on any atom is 0.0711 e. The van der Waals surface area contributed by atoms with E-state index < -0.39 is 0 Å². The van der Waals surface area contributed by atoms with Crippen LogP contribution in [0.5, 0.6) is 0 Å². The summed E-state index contributed by atoms with van der Waals surface area (Å²) < 4.78 is 2.03. The smallest absolute Gasteiger partial charge is 0.0711 e. The van der Waals surface area contributed by atoms with Crippen molar-refractivity contribution in [1.82, 2.24) is 9.78 Å². The zero-order valence-electron chi connectivity index (χ0n) is 11.5. The topological polar surface area (TPSA) is 17.8 Å². The van der Waals surface area contributed by atoms with Crippen molar-refractivity contribution in [3.63, 3.8) is 0 Å². The Bertz CT molecular complexity index is 459. The van der Waals surface area contributed by atoms with Crippen LogP contribution in [0.1, 0.15) is 45.0 Å². The van der Waals surface area contributed by atoms with Gasteiger partial charge in [0, 0.05) is 6.04 Å². The van der Waals surface area contributed by atoms with E-state index >= 15 is 0 Å². The Morgan fingerprint density at radius 2 is 2.12 bits per heavy atom. The first kappa shape index (κ1) is 13.5. The van der Waals surface area contributed by atoms with Gasteiger partial charge in [-0.3, -0.25) is 4.68 Å². The average molecular weight is 230 g/mol. The standard InChI is InChI=1S/C15H22N2/c1-7-8-9-12(4)14(6)15-13(5)10-16-17(15)11(2)3/h7-11H,6H2,1-5H3/b8-7-,12-9-. The molecule has 0 aliphatic carbocycles. The molecule has 1 aromatic rings. The second-order valence-electron chi connectivity index (χ2n) is 4.57. The first-order valence-electron chi connectivity index (χ1n) is 6.02. The van der Waals surface area contributed by atoms with Gasteiger partial charge in [0.15, 0.2) is 0 Å². The Morgan fingerprint density at radius 3 is 2.65 bits per heavy atom. The Balaban J connectivity index is 3.16. The minimum absolute atomic E-state index is 0.352. The Labute approximate surface area is 104 Å². The van der Waals surface area contributed by atoms with Crippen molar-refractivity contribution >= 4 is 5.57 Å². The van der Waals surface area contributed by atoms with E-state index in [1.165, 1.54) is 11.1 Å². The second kappa shape index (κ2) is 5.67. The van der Waals surface area contributed by atoms with Crippen LogP contribution in [0.25, 0.3) is 5.57 Å². The van der Waals surface area contributed by atoms with Gasteiger partial charge in [-0.05, 0) is 51.3 Å². The van der Waals surface area contributed by atoms with Crippen molar-refractivity contribution in [2.45, 2.75) is 40.7 Å². The van der Waals surface area contributed by atoms with Gasteiger partial charge in [-0.2, -0.15) is 5.10 Å². The molecule has 17 heavy (non-hydrogen) atoms. The van der Waals surface area contributed by atoms with E-state index in [4.69, 9.17) is 0 Å². The van der Waals surface area contributed by atoms with Crippen LogP contribution in [0.3, 0.4) is 0 Å². The first-order valence-corrected chi connectivity index (χ1v) is 6.02. The number of aryl methyl sites for hydroxylation is 1. The van der Waals surface area contributed by atoms with Gasteiger partial charge in [-0.25, -0.2) is 0 Å². The van der Waals surface area contributed by atoms with E-state index in [2.05, 4.69) is 45.4 Å². The van der Waals surface area contributed by atoms with Crippen LogP contribution in [-0.4, -0.2) is 9.78 Å². The van der Waals surface area contributed by atoms with Crippen LogP contribution in [0.2, 0.25) is 0 Å². The Kier molecular flexibility index (Phi) is 4.50. The molecule has 1 aromatic heterocycles. The quantitative estimate of drug-likeness (QED) is 0.705. The minimum Gasteiger partial charge on any atom is -0.262 e. The van der Waals surface area contributed by atoms with Gasteiger partial charge in [0.25, 0.3) is 0 Å². The molecule has 0 bridgehead atoms. The molecular formula is C15H22N2. The van der Waals surface area contributed by atoms with E-state index in [1.54, 1.807) is 0 Å². The van der Waals surface area contributed by atoms with E-state index in [0.717, 1.165) is 11.3 Å². The second-order valence-corrected chi connectivity index (χ2v) is 4.57. The van der Waals surface area contributed by atoms with Crippen LogP contribution < -0.4 is 0 Å². The van der Waals surface area contributed by atoms with Crippen molar-refractivity contribution in [2.75, 3.05) is 0 Å². The number of rotatable bonds is 4. The van der Waals surface area contributed by atoms with Crippen LogP contribution in [0, 0.1) is 6.92 Å². The number of hydrogen-bond donors (Lipinski definition) is 0. The molecule has 0 saturated heterocycles. The molecule has 0 fully saturated rings. The third-order valence-electron chi connectivity index (χ3n) is 2.77. The zero-order chi connectivity index (χ0) is 13.0. The highest BCUT2D eigenvalue weighted by molar-refractivity contribution is 5.76. The van der Waals surface area contributed by atoms with Crippen LogP contribution in [0.15, 0.2) is 36.6 Å². The molecule has 0 amide bonds. The summed E-state index contributed by atoms with van der Waals surface area (Å²) in [5.41, 5.74) is 4.54. The zero-order valence-corrected chi connectivity index (χ0v) is 11.5. The van der Waals surface area contributed by atoms with Crippen molar-refractivity contribution in [3.05, 3.63) is 47.8 Å². The summed E-state index contributed by atoms with van der Waals surface area (Å²) in [5.74, 6) is 0. The summed E-state index contributed by atoms with van der Waals surface area (Å²) in [6, 6.07) is 0.352. The molecule has 0 aliphatic heterocycles. The largest absolute Gasteiger partial charge is 0.262 e. The molecule has 2 nitrogen and oxygen atoms in total. The number of nitrogens with zero attached hydrogens (tertiary/aromatic N) is 2. The highest BCUT2D eigenvalue weighted by Gasteiger charge is 2.13. The molecule has 1 heterocycles. The van der Waals surface area contributed by atoms with E-state index in [9.17, 15) is 0 Å². The predicted octanol–water partition coefficient (Wildman–Crippen LogP) is 4.31. The normalized spacial score (nSPS) is 12.7. The summed E-state index contributed by atoms with van der Waals surface area (Å²) in [5, 5.41) is 4.41. The van der Waals surface area contributed by atoms with E-state index in [-0.39, 0.29) is 0 Å². The number of hydrogen-bond acceptors (Lipinski definition) is 1. The Hall–Kier alpha value is -1.57. The lowest BCUT2D eigenvalue weighted by Gasteiger charge is -2.14. The summed E-state index contributed by atoms with van der Waals surface area (Å²) in [6.45, 7) is 14.6. The number of allylic oxidation sites excluding steroid dienone is 5. The fourth-order valence-corrected chi connectivity index (χ4v) is 1.74. The third-order valence-corrected chi connectivity index (χ3v) is 2.77. The van der Waals surface area contributed by atoms with Gasteiger partial charge in [0.1, 0.15) is 0 Å². The lowest BCUT2D eigenvalue weighted by molar-refractivity contribution is 0.527. The van der Waals surface area contributed by atoms with Crippen molar-refractivity contribution in [3.8, 4) is 0 Å². The SMILES string of the molecule is C=C(/C(C)=C\C=C/C)c1c(C)cnn1C(C)C. The first-order chi connectivity index (χ1) is 7.99. The van der Waals surface area contributed by atoms with Crippen molar-refractivity contribution in [2.24, 2.45) is 0 Å². The minimum atomic E-state index is 0.352. The predicted molar refractivity (Wildman–Crippen MR) is 75.0 cm³/mol. The molecule has 0 radical (unpaired) electrons. The molecule has 0 spiro atoms. The molecule has 0 aliphatic rings. The molecule has 0 saturated carbocycles. The fourth-order valence-electron chi connectivity index (χ4n) is 1.74. The van der Waals surface area contributed by atoms with Crippen LogP contribution in [0.4, 0.5) is 0 Å². The fraction of sp³-hybridized carbons (Fsp3) is 0.400. The number of aromatic nitrogens is 2. The maximum atomic E-state index is 4.41. The van der Waals surface area contributed by atoms with Crippen molar-refractivity contribution in [1.29, 1.82) is 0 Å². The third kappa shape index (κ3) is 2.96. The highest BCUT2D eigenvalue weighted by atomic mass is 15.3. The molecule has 0 unspecified atom stereocenters. The lowest BCUT2D eigenvalue weighted by Crippen LogP contribution is -2.07. The van der Waals surface area contributed by atoms with E-state index in [1.807, 2.05) is 30.0 Å². The molecule has 2 heteroatoms. The Morgan fingerprint density at radius 1 is 1.47 bits per heavy atom. The molecule has 0 N–H and O–H groups in total. The molecule has 1 rings (SSSR count). The molecular weight excluding hydrogens is 208 g/mol. The van der Waals surface area contributed by atoms with Gasteiger partial charge in [-0.1, -0.05) is 24.8 Å². The monoisotopic (exact) mass is 230 g/mol. The maximum absolute atomic E-state index is 4.41. The summed E-state index contributed by atoms with van der Waals surface area (Å²) in [7, 11) is 0. The lowest BCUT2D eigenvalue weighted by atomic mass is 10.0. The molecule has 0 atom stereocenters. The molecule has 92 valence electrons. The van der Waals surface area contributed by atoms with Gasteiger partial charge in [0.2, 0.25) is 0 Å². The van der Waals surface area contributed by atoms with Crippen molar-refractivity contribution < 1.29 is 0 Å². The highest BCUT2D eigenvalue weighted by Crippen LogP contribution is 2.26. The van der Waals surface area contributed by atoms with Gasteiger partial charge in [0.05, 0.1) is 11.9 Å².